The van der Waals surface area contributed by atoms with E-state index in [0.717, 1.165) is 12.0 Å². The Morgan fingerprint density at radius 1 is 1.30 bits per heavy atom. The van der Waals surface area contributed by atoms with E-state index in [0.29, 0.717) is 18.2 Å². The summed E-state index contributed by atoms with van der Waals surface area (Å²) in [6, 6.07) is 6.32. The lowest BCUT2D eigenvalue weighted by molar-refractivity contribution is -0.122. The molecule has 1 aromatic rings. The molecule has 0 heterocycles. The normalized spacial score (nSPS) is 15.4. The van der Waals surface area contributed by atoms with Crippen molar-refractivity contribution in [2.75, 3.05) is 0 Å². The second kappa shape index (κ2) is 6.38. The summed E-state index contributed by atoms with van der Waals surface area (Å²) in [6.45, 7) is 0.397. The quantitative estimate of drug-likeness (QED) is 0.717. The maximum atomic E-state index is 11.8. The minimum absolute atomic E-state index is 0.130. The summed E-state index contributed by atoms with van der Waals surface area (Å²) >= 11 is 0. The lowest BCUT2D eigenvalue weighted by Crippen LogP contribution is -2.40. The highest BCUT2D eigenvalue weighted by Gasteiger charge is 2.26. The summed E-state index contributed by atoms with van der Waals surface area (Å²) in [5, 5.41) is 2.80. The summed E-state index contributed by atoms with van der Waals surface area (Å²) in [6.07, 6.45) is 2.28. The van der Waals surface area contributed by atoms with E-state index in [4.69, 9.17) is 16.2 Å². The van der Waals surface area contributed by atoms with Crippen LogP contribution in [0.15, 0.2) is 24.3 Å². The Balaban J connectivity index is 1.77. The van der Waals surface area contributed by atoms with E-state index in [1.54, 1.807) is 24.3 Å². The first-order chi connectivity index (χ1) is 9.54. The molecule has 0 aliphatic heterocycles. The predicted molar refractivity (Wildman–Crippen MR) is 73.8 cm³/mol. The minimum Gasteiger partial charge on any atom is -0.411 e. The van der Waals surface area contributed by atoms with Gasteiger partial charge in [0.1, 0.15) is 5.75 Å². The lowest BCUT2D eigenvalue weighted by atomic mass is 10.1. The highest BCUT2D eigenvalue weighted by Crippen LogP contribution is 2.33. The fourth-order valence-corrected chi connectivity index (χ4v) is 1.93. The van der Waals surface area contributed by atoms with Crippen molar-refractivity contribution >= 4 is 12.0 Å². The number of ether oxygens (including phenoxy) is 1. The molecular formula is C14H19N3O3. The zero-order chi connectivity index (χ0) is 14.5. The highest BCUT2D eigenvalue weighted by atomic mass is 16.5. The van der Waals surface area contributed by atoms with Gasteiger partial charge in [-0.05, 0) is 30.0 Å². The van der Waals surface area contributed by atoms with Crippen molar-refractivity contribution in [3.05, 3.63) is 29.8 Å². The van der Waals surface area contributed by atoms with Crippen LogP contribution in [0.5, 0.6) is 5.75 Å². The van der Waals surface area contributed by atoms with Crippen LogP contribution in [0, 0.1) is 5.92 Å². The summed E-state index contributed by atoms with van der Waals surface area (Å²) < 4.78 is 4.72. The SMILES string of the molecule is NC(=O)Oc1ccc(CNC(=O)C(N)CC2CC2)cc1. The van der Waals surface area contributed by atoms with Gasteiger partial charge in [-0.3, -0.25) is 4.79 Å². The van der Waals surface area contributed by atoms with Gasteiger partial charge in [0.05, 0.1) is 6.04 Å². The second-order valence-corrected chi connectivity index (χ2v) is 5.07. The Kier molecular flexibility index (Phi) is 4.57. The minimum atomic E-state index is -0.850. The van der Waals surface area contributed by atoms with E-state index < -0.39 is 12.1 Å². The van der Waals surface area contributed by atoms with Crippen molar-refractivity contribution in [2.45, 2.75) is 31.8 Å². The molecule has 0 aromatic heterocycles. The molecular weight excluding hydrogens is 258 g/mol. The number of carbonyl (C=O) groups is 2. The van der Waals surface area contributed by atoms with Crippen LogP contribution < -0.4 is 21.5 Å². The van der Waals surface area contributed by atoms with Gasteiger partial charge in [0, 0.05) is 6.54 Å². The van der Waals surface area contributed by atoms with E-state index in [-0.39, 0.29) is 5.91 Å². The molecule has 1 saturated carbocycles. The third-order valence-electron chi connectivity index (χ3n) is 3.23. The zero-order valence-corrected chi connectivity index (χ0v) is 11.2. The average Bonchev–Trinajstić information content (AvgIpc) is 3.20. The third-order valence-corrected chi connectivity index (χ3v) is 3.23. The molecule has 1 aromatic carbocycles. The van der Waals surface area contributed by atoms with Crippen LogP contribution in [-0.2, 0) is 11.3 Å². The number of primary amides is 1. The third kappa shape index (κ3) is 4.55. The molecule has 0 saturated heterocycles. The molecule has 1 aliphatic carbocycles. The molecule has 5 N–H and O–H groups in total. The average molecular weight is 277 g/mol. The number of carbonyl (C=O) groups excluding carboxylic acids is 2. The summed E-state index contributed by atoms with van der Waals surface area (Å²) in [5.41, 5.74) is 11.6. The molecule has 20 heavy (non-hydrogen) atoms. The topological polar surface area (TPSA) is 107 Å². The molecule has 2 rings (SSSR count). The van der Waals surface area contributed by atoms with Gasteiger partial charge in [-0.25, -0.2) is 4.79 Å². The van der Waals surface area contributed by atoms with Crippen molar-refractivity contribution in [1.29, 1.82) is 0 Å². The van der Waals surface area contributed by atoms with Gasteiger partial charge < -0.3 is 21.5 Å². The first-order valence-electron chi connectivity index (χ1n) is 6.64. The molecule has 6 heteroatoms. The molecule has 108 valence electrons. The molecule has 0 spiro atoms. The van der Waals surface area contributed by atoms with Gasteiger partial charge >= 0.3 is 6.09 Å². The number of rotatable bonds is 6. The summed E-state index contributed by atoms with van der Waals surface area (Å²) in [5.74, 6) is 0.869. The van der Waals surface area contributed by atoms with E-state index in [1.165, 1.54) is 12.8 Å². The molecule has 1 fully saturated rings. The van der Waals surface area contributed by atoms with Gasteiger partial charge in [0.15, 0.2) is 0 Å². The van der Waals surface area contributed by atoms with Gasteiger partial charge in [-0.1, -0.05) is 25.0 Å². The Hall–Kier alpha value is -2.08. The standard InChI is InChI=1S/C14H19N3O3/c15-12(7-9-1-2-9)13(18)17-8-10-3-5-11(6-4-10)20-14(16)19/h3-6,9,12H,1-2,7-8,15H2,(H2,16,19)(H,17,18). The van der Waals surface area contributed by atoms with Crippen LogP contribution in [0.4, 0.5) is 4.79 Å². The number of nitrogens with one attached hydrogen (secondary N) is 1. The number of benzene rings is 1. The molecule has 0 bridgehead atoms. The van der Waals surface area contributed by atoms with Crippen molar-refractivity contribution in [2.24, 2.45) is 17.4 Å². The van der Waals surface area contributed by atoms with Gasteiger partial charge in [-0.2, -0.15) is 0 Å². The van der Waals surface area contributed by atoms with E-state index in [9.17, 15) is 9.59 Å². The fraction of sp³-hybridized carbons (Fsp3) is 0.429. The smallest absolute Gasteiger partial charge is 0.409 e. The number of nitrogens with two attached hydrogens (primary N) is 2. The maximum absolute atomic E-state index is 11.8. The van der Waals surface area contributed by atoms with Gasteiger partial charge in [-0.15, -0.1) is 0 Å². The molecule has 1 aliphatic rings. The Morgan fingerprint density at radius 3 is 2.50 bits per heavy atom. The van der Waals surface area contributed by atoms with Crippen LogP contribution in [0.3, 0.4) is 0 Å². The van der Waals surface area contributed by atoms with Gasteiger partial charge in [0.25, 0.3) is 0 Å². The van der Waals surface area contributed by atoms with E-state index >= 15 is 0 Å². The molecule has 6 nitrogen and oxygen atoms in total. The van der Waals surface area contributed by atoms with Crippen LogP contribution in [0.2, 0.25) is 0 Å². The summed E-state index contributed by atoms with van der Waals surface area (Å²) in [7, 11) is 0. The van der Waals surface area contributed by atoms with Crippen LogP contribution in [0.25, 0.3) is 0 Å². The van der Waals surface area contributed by atoms with Crippen LogP contribution >= 0.6 is 0 Å². The van der Waals surface area contributed by atoms with Gasteiger partial charge in [0.2, 0.25) is 5.91 Å². The molecule has 2 amide bonds. The van der Waals surface area contributed by atoms with E-state index in [2.05, 4.69) is 5.32 Å². The summed E-state index contributed by atoms with van der Waals surface area (Å²) in [4.78, 5) is 22.3. The second-order valence-electron chi connectivity index (χ2n) is 5.07. The Bertz CT molecular complexity index is 483. The number of hydrogen-bond acceptors (Lipinski definition) is 4. The largest absolute Gasteiger partial charge is 0.411 e. The van der Waals surface area contributed by atoms with Crippen molar-refractivity contribution in [3.63, 3.8) is 0 Å². The first-order valence-corrected chi connectivity index (χ1v) is 6.64. The molecule has 1 unspecified atom stereocenters. The Labute approximate surface area is 117 Å². The highest BCUT2D eigenvalue weighted by molar-refractivity contribution is 5.81. The predicted octanol–water partition coefficient (Wildman–Crippen LogP) is 0.888. The monoisotopic (exact) mass is 277 g/mol. The Morgan fingerprint density at radius 2 is 1.95 bits per heavy atom. The van der Waals surface area contributed by atoms with Crippen molar-refractivity contribution in [1.82, 2.24) is 5.32 Å². The fourth-order valence-electron chi connectivity index (χ4n) is 1.93. The maximum Gasteiger partial charge on any atom is 0.409 e. The zero-order valence-electron chi connectivity index (χ0n) is 11.2. The van der Waals surface area contributed by atoms with Crippen LogP contribution in [-0.4, -0.2) is 18.0 Å². The number of hydrogen-bond donors (Lipinski definition) is 3. The van der Waals surface area contributed by atoms with E-state index in [1.807, 2.05) is 0 Å². The van der Waals surface area contributed by atoms with Crippen LogP contribution in [0.1, 0.15) is 24.8 Å². The lowest BCUT2D eigenvalue weighted by Gasteiger charge is -2.11. The molecule has 1 atom stereocenters. The van der Waals surface area contributed by atoms with Crippen molar-refractivity contribution in [3.8, 4) is 5.75 Å². The molecule has 0 radical (unpaired) electrons. The first kappa shape index (κ1) is 14.3. The number of amides is 2. The van der Waals surface area contributed by atoms with Crippen molar-refractivity contribution < 1.29 is 14.3 Å².